The van der Waals surface area contributed by atoms with Crippen LogP contribution in [0, 0.1) is 10.1 Å². The fourth-order valence-corrected chi connectivity index (χ4v) is 2.47. The maximum absolute atomic E-state index is 10.3. The molecule has 5 nitrogen and oxygen atoms in total. The minimum atomic E-state index is -1.38. The first-order valence-electron chi connectivity index (χ1n) is 8.11. The lowest BCUT2D eigenvalue weighted by molar-refractivity contribution is -0.493. The summed E-state index contributed by atoms with van der Waals surface area (Å²) in [5.41, 5.74) is 1.70. The van der Waals surface area contributed by atoms with Crippen molar-refractivity contribution in [1.29, 1.82) is 0 Å². The van der Waals surface area contributed by atoms with Crippen LogP contribution in [-0.4, -0.2) is 27.8 Å². The average molecular weight is 309 g/mol. The van der Waals surface area contributed by atoms with Gasteiger partial charge in [-0.05, 0) is 24.0 Å². The lowest BCUT2D eigenvalue weighted by Gasteiger charge is -2.15. The van der Waals surface area contributed by atoms with Crippen molar-refractivity contribution in [3.63, 3.8) is 0 Å². The lowest BCUT2D eigenvalue weighted by Crippen LogP contribution is -2.26. The Hall–Kier alpha value is -1.46. The predicted octanol–water partition coefficient (Wildman–Crippen LogP) is 3.26. The van der Waals surface area contributed by atoms with Crippen molar-refractivity contribution in [1.82, 2.24) is 0 Å². The van der Waals surface area contributed by atoms with E-state index in [1.807, 2.05) is 12.1 Å². The fourth-order valence-electron chi connectivity index (χ4n) is 2.47. The summed E-state index contributed by atoms with van der Waals surface area (Å²) in [6.07, 6.45) is 5.92. The monoisotopic (exact) mass is 309 g/mol. The van der Waals surface area contributed by atoms with Crippen LogP contribution in [0.15, 0.2) is 24.3 Å². The van der Waals surface area contributed by atoms with Crippen molar-refractivity contribution in [3.05, 3.63) is 45.5 Å². The number of rotatable bonds is 11. The highest BCUT2D eigenvalue weighted by molar-refractivity contribution is 5.24. The molecule has 22 heavy (non-hydrogen) atoms. The van der Waals surface area contributed by atoms with Crippen LogP contribution >= 0.6 is 0 Å². The zero-order chi connectivity index (χ0) is 16.4. The third-order valence-corrected chi connectivity index (χ3v) is 3.84. The maximum atomic E-state index is 10.3. The summed E-state index contributed by atoms with van der Waals surface area (Å²) in [5.74, 6) is 0. The van der Waals surface area contributed by atoms with E-state index in [0.29, 0.717) is 5.56 Å². The Kier molecular flexibility index (Phi) is 8.70. The number of hydrogen-bond acceptors (Lipinski definition) is 4. The SMILES string of the molecule is CCCCCCCCc1ccc(C(O)C(O)C[N+](=O)[O-])cc1. The van der Waals surface area contributed by atoms with Crippen molar-refractivity contribution in [2.45, 2.75) is 64.1 Å². The van der Waals surface area contributed by atoms with Crippen LogP contribution in [0.5, 0.6) is 0 Å². The second-order valence-corrected chi connectivity index (χ2v) is 5.79. The molecule has 0 bridgehead atoms. The Morgan fingerprint density at radius 1 is 1.05 bits per heavy atom. The molecule has 0 amide bonds. The fraction of sp³-hybridized carbons (Fsp3) is 0.647. The molecule has 0 spiro atoms. The van der Waals surface area contributed by atoms with Gasteiger partial charge >= 0.3 is 0 Å². The number of benzene rings is 1. The van der Waals surface area contributed by atoms with Crippen LogP contribution < -0.4 is 0 Å². The number of aliphatic hydroxyl groups excluding tert-OH is 2. The van der Waals surface area contributed by atoms with Crippen LogP contribution in [0.3, 0.4) is 0 Å². The van der Waals surface area contributed by atoms with E-state index in [1.54, 1.807) is 12.1 Å². The van der Waals surface area contributed by atoms with Gasteiger partial charge in [0.2, 0.25) is 6.54 Å². The van der Waals surface area contributed by atoms with Gasteiger partial charge in [-0.2, -0.15) is 0 Å². The summed E-state index contributed by atoms with van der Waals surface area (Å²) in [6.45, 7) is 1.55. The Bertz CT molecular complexity index is 433. The Morgan fingerprint density at radius 2 is 1.64 bits per heavy atom. The molecule has 0 fully saturated rings. The number of aryl methyl sites for hydroxylation is 1. The van der Waals surface area contributed by atoms with Gasteiger partial charge in [-0.25, -0.2) is 0 Å². The van der Waals surface area contributed by atoms with Crippen molar-refractivity contribution in [3.8, 4) is 0 Å². The standard InChI is InChI=1S/C17H27NO4/c1-2-3-4-5-6-7-8-14-9-11-15(12-10-14)17(20)16(19)13-18(21)22/h9-12,16-17,19-20H,2-8,13H2,1H3. The highest BCUT2D eigenvalue weighted by Gasteiger charge is 2.22. The largest absolute Gasteiger partial charge is 0.385 e. The smallest absolute Gasteiger partial charge is 0.232 e. The summed E-state index contributed by atoms with van der Waals surface area (Å²) in [6, 6.07) is 7.31. The summed E-state index contributed by atoms with van der Waals surface area (Å²) in [4.78, 5) is 9.72. The summed E-state index contributed by atoms with van der Waals surface area (Å²) in [5, 5.41) is 29.8. The molecular formula is C17H27NO4. The third-order valence-electron chi connectivity index (χ3n) is 3.84. The highest BCUT2D eigenvalue weighted by atomic mass is 16.6. The van der Waals surface area contributed by atoms with Crippen LogP contribution in [0.1, 0.15) is 62.7 Å². The first-order valence-corrected chi connectivity index (χ1v) is 8.11. The quantitative estimate of drug-likeness (QED) is 0.373. The molecule has 0 radical (unpaired) electrons. The van der Waals surface area contributed by atoms with Gasteiger partial charge in [0.1, 0.15) is 12.2 Å². The van der Waals surface area contributed by atoms with E-state index in [1.165, 1.54) is 37.7 Å². The zero-order valence-electron chi connectivity index (χ0n) is 13.3. The number of unbranched alkanes of at least 4 members (excludes halogenated alkanes) is 5. The zero-order valence-corrected chi connectivity index (χ0v) is 13.3. The van der Waals surface area contributed by atoms with Crippen molar-refractivity contribution >= 4 is 0 Å². The maximum Gasteiger partial charge on any atom is 0.232 e. The molecule has 2 N–H and O–H groups in total. The molecule has 124 valence electrons. The van der Waals surface area contributed by atoms with E-state index in [4.69, 9.17) is 0 Å². The van der Waals surface area contributed by atoms with E-state index in [2.05, 4.69) is 6.92 Å². The molecule has 0 saturated carbocycles. The number of nitrogens with zero attached hydrogens (tertiary/aromatic N) is 1. The van der Waals surface area contributed by atoms with E-state index >= 15 is 0 Å². The molecule has 1 rings (SSSR count). The number of aliphatic hydroxyl groups is 2. The van der Waals surface area contributed by atoms with Crippen molar-refractivity contribution < 1.29 is 15.1 Å². The van der Waals surface area contributed by atoms with Crippen LogP contribution in [0.4, 0.5) is 0 Å². The van der Waals surface area contributed by atoms with Gasteiger partial charge in [-0.3, -0.25) is 10.1 Å². The van der Waals surface area contributed by atoms with Gasteiger partial charge in [-0.15, -0.1) is 0 Å². The molecule has 0 aliphatic rings. The molecule has 1 aromatic rings. The lowest BCUT2D eigenvalue weighted by atomic mass is 10.00. The summed E-state index contributed by atoms with van der Waals surface area (Å²) >= 11 is 0. The van der Waals surface area contributed by atoms with Crippen LogP contribution in [-0.2, 0) is 6.42 Å². The van der Waals surface area contributed by atoms with E-state index in [9.17, 15) is 20.3 Å². The Morgan fingerprint density at radius 3 is 2.23 bits per heavy atom. The molecule has 1 aromatic carbocycles. The second-order valence-electron chi connectivity index (χ2n) is 5.79. The Balaban J connectivity index is 2.37. The van der Waals surface area contributed by atoms with Gasteiger partial charge in [0, 0.05) is 4.92 Å². The molecule has 0 aromatic heterocycles. The molecule has 0 saturated heterocycles. The average Bonchev–Trinajstić information content (AvgIpc) is 2.50. The second kappa shape index (κ2) is 10.3. The number of nitro groups is 1. The van der Waals surface area contributed by atoms with Gasteiger partial charge < -0.3 is 10.2 Å². The van der Waals surface area contributed by atoms with Gasteiger partial charge in [0.05, 0.1) is 0 Å². The van der Waals surface area contributed by atoms with Gasteiger partial charge in [-0.1, -0.05) is 63.3 Å². The van der Waals surface area contributed by atoms with Gasteiger partial charge in [0.15, 0.2) is 0 Å². The Labute approximate surface area is 132 Å². The summed E-state index contributed by atoms with van der Waals surface area (Å²) in [7, 11) is 0. The van der Waals surface area contributed by atoms with E-state index in [0.717, 1.165) is 12.8 Å². The predicted molar refractivity (Wildman–Crippen MR) is 86.4 cm³/mol. The van der Waals surface area contributed by atoms with E-state index in [-0.39, 0.29) is 0 Å². The molecule has 5 heteroatoms. The molecule has 0 aliphatic heterocycles. The van der Waals surface area contributed by atoms with Crippen molar-refractivity contribution in [2.24, 2.45) is 0 Å². The minimum Gasteiger partial charge on any atom is -0.385 e. The van der Waals surface area contributed by atoms with Crippen LogP contribution in [0.25, 0.3) is 0 Å². The highest BCUT2D eigenvalue weighted by Crippen LogP contribution is 2.19. The normalized spacial score (nSPS) is 13.8. The van der Waals surface area contributed by atoms with Crippen molar-refractivity contribution in [2.75, 3.05) is 6.54 Å². The first-order chi connectivity index (χ1) is 10.5. The van der Waals surface area contributed by atoms with Gasteiger partial charge in [0.25, 0.3) is 0 Å². The molecule has 2 atom stereocenters. The molecule has 2 unspecified atom stereocenters. The number of hydrogen-bond donors (Lipinski definition) is 2. The topological polar surface area (TPSA) is 83.6 Å². The molecular weight excluding hydrogens is 282 g/mol. The molecule has 0 heterocycles. The van der Waals surface area contributed by atoms with E-state index < -0.39 is 23.7 Å². The minimum absolute atomic E-state index is 0.515. The van der Waals surface area contributed by atoms with Crippen LogP contribution in [0.2, 0.25) is 0 Å². The summed E-state index contributed by atoms with van der Waals surface area (Å²) < 4.78 is 0. The first kappa shape index (κ1) is 18.6. The molecule has 0 aliphatic carbocycles. The third kappa shape index (κ3) is 7.00.